The molecule has 0 fully saturated rings. The highest BCUT2D eigenvalue weighted by Gasteiger charge is 2.06. The van der Waals surface area contributed by atoms with E-state index in [0.717, 1.165) is 16.9 Å². The van der Waals surface area contributed by atoms with Gasteiger partial charge in [0, 0.05) is 30.4 Å². The summed E-state index contributed by atoms with van der Waals surface area (Å²) in [7, 11) is 0. The highest BCUT2D eigenvalue weighted by molar-refractivity contribution is 5.76. The summed E-state index contributed by atoms with van der Waals surface area (Å²) in [5, 5.41) is 3.03. The molecule has 0 saturated heterocycles. The second kappa shape index (κ2) is 8.29. The fourth-order valence-electron chi connectivity index (χ4n) is 2.13. The molecule has 1 N–H and O–H groups in total. The summed E-state index contributed by atoms with van der Waals surface area (Å²) in [6.45, 7) is 0. The molecule has 1 aliphatic rings. The number of para-hydroxylation sites is 1. The van der Waals surface area contributed by atoms with Crippen LogP contribution in [0.25, 0.3) is 11.1 Å². The first kappa shape index (κ1) is 15.5. The topological polar surface area (TPSA) is 46.5 Å². The van der Waals surface area contributed by atoms with Crippen molar-refractivity contribution in [2.45, 2.75) is 0 Å². The lowest BCUT2D eigenvalue weighted by molar-refractivity contribution is 0.483. The number of ether oxygens (including phenoxy) is 1. The quantitative estimate of drug-likeness (QED) is 0.777. The van der Waals surface area contributed by atoms with Crippen LogP contribution in [-0.4, -0.2) is 11.2 Å². The van der Waals surface area contributed by atoms with Crippen LogP contribution in [0.3, 0.4) is 0 Å². The molecular formula is C20H17N3O. The van der Waals surface area contributed by atoms with Gasteiger partial charge in [0.1, 0.15) is 5.75 Å². The maximum absolute atomic E-state index is 5.76. The summed E-state index contributed by atoms with van der Waals surface area (Å²) in [6, 6.07) is 11.8. The Labute approximate surface area is 141 Å². The molecule has 0 atom stereocenters. The van der Waals surface area contributed by atoms with Gasteiger partial charge in [0.25, 0.3) is 0 Å². The van der Waals surface area contributed by atoms with E-state index >= 15 is 0 Å². The average molecular weight is 315 g/mol. The zero-order valence-electron chi connectivity index (χ0n) is 13.0. The van der Waals surface area contributed by atoms with Gasteiger partial charge >= 0.3 is 0 Å². The van der Waals surface area contributed by atoms with Gasteiger partial charge in [-0.1, -0.05) is 24.3 Å². The molecule has 4 heteroatoms. The Kier molecular flexibility index (Phi) is 5.35. The molecule has 1 aliphatic heterocycles. The minimum Gasteiger partial charge on any atom is -0.464 e. The molecule has 0 amide bonds. The molecule has 0 saturated carbocycles. The second-order valence-corrected chi connectivity index (χ2v) is 4.89. The van der Waals surface area contributed by atoms with Gasteiger partial charge in [-0.3, -0.25) is 0 Å². The Morgan fingerprint density at radius 3 is 2.71 bits per heavy atom. The first-order valence-electron chi connectivity index (χ1n) is 7.59. The largest absolute Gasteiger partial charge is 0.464 e. The van der Waals surface area contributed by atoms with Crippen LogP contribution in [0.5, 0.6) is 5.75 Å². The predicted molar refractivity (Wildman–Crippen MR) is 98.1 cm³/mol. The first-order chi connectivity index (χ1) is 11.9. The van der Waals surface area contributed by atoms with E-state index in [0.29, 0.717) is 5.82 Å². The second-order valence-electron chi connectivity index (χ2n) is 4.89. The molecule has 4 nitrogen and oxygen atoms in total. The van der Waals surface area contributed by atoms with Crippen molar-refractivity contribution in [3.05, 3.63) is 91.6 Å². The third kappa shape index (κ3) is 4.30. The minimum absolute atomic E-state index is 0.649. The third-order valence-electron chi connectivity index (χ3n) is 3.23. The molecule has 0 aliphatic carbocycles. The highest BCUT2D eigenvalue weighted by Crippen LogP contribution is 2.31. The van der Waals surface area contributed by atoms with Crippen LogP contribution in [0.1, 0.15) is 0 Å². The Morgan fingerprint density at radius 1 is 0.875 bits per heavy atom. The molecule has 1 aromatic carbocycles. The van der Waals surface area contributed by atoms with E-state index in [1.54, 1.807) is 18.7 Å². The molecule has 0 radical (unpaired) electrons. The van der Waals surface area contributed by atoms with Gasteiger partial charge in [0.05, 0.1) is 6.26 Å². The van der Waals surface area contributed by atoms with Crippen LogP contribution >= 0.6 is 0 Å². The van der Waals surface area contributed by atoms with Gasteiger partial charge in [0.2, 0.25) is 0 Å². The number of fused-ring (bicyclic) bond motifs is 4. The van der Waals surface area contributed by atoms with Crippen LogP contribution in [0.15, 0.2) is 96.6 Å². The van der Waals surface area contributed by atoms with Crippen LogP contribution in [0.4, 0.5) is 5.82 Å². The van der Waals surface area contributed by atoms with Crippen molar-refractivity contribution in [3.63, 3.8) is 0 Å². The van der Waals surface area contributed by atoms with Gasteiger partial charge in [0.15, 0.2) is 5.82 Å². The van der Waals surface area contributed by atoms with Gasteiger partial charge in [-0.05, 0) is 48.1 Å². The molecule has 2 aromatic rings. The molecule has 0 unspecified atom stereocenters. The van der Waals surface area contributed by atoms with Gasteiger partial charge in [-0.15, -0.1) is 0 Å². The number of benzene rings is 1. The Hall–Kier alpha value is -3.40. The number of nitrogens with one attached hydrogen (secondary N) is 1. The monoisotopic (exact) mass is 315 g/mol. The summed E-state index contributed by atoms with van der Waals surface area (Å²) < 4.78 is 5.76. The van der Waals surface area contributed by atoms with Gasteiger partial charge in [-0.2, -0.15) is 0 Å². The summed E-state index contributed by atoms with van der Waals surface area (Å²) in [5.41, 5.74) is 2.00. The first-order valence-corrected chi connectivity index (χ1v) is 7.59. The number of nitrogens with zero attached hydrogens (tertiary/aromatic N) is 2. The van der Waals surface area contributed by atoms with Crippen LogP contribution in [-0.2, 0) is 0 Å². The number of pyridine rings is 1. The number of rotatable bonds is 0. The van der Waals surface area contributed by atoms with Crippen LogP contribution < -0.4 is 10.1 Å². The Balaban J connectivity index is 1.99. The molecule has 1 aromatic heterocycles. The van der Waals surface area contributed by atoms with E-state index in [2.05, 4.69) is 15.3 Å². The standard InChI is InChI=1S/C20H17N3O/c1-4-11-21-12-6-7-15-24-19-9-3-2-8-18(19)17-10-14-23-20(16-17)22-13-5-1/h1-16,21H/b5-1-,11-4-,12-6-,15-7-,22-13-. The van der Waals surface area contributed by atoms with E-state index in [4.69, 9.17) is 4.74 Å². The van der Waals surface area contributed by atoms with Crippen LogP contribution in [0.2, 0.25) is 0 Å². The Bertz CT molecular complexity index is 832. The van der Waals surface area contributed by atoms with Crippen molar-refractivity contribution < 1.29 is 4.74 Å². The van der Waals surface area contributed by atoms with Crippen molar-refractivity contribution in [3.8, 4) is 16.9 Å². The fourth-order valence-corrected chi connectivity index (χ4v) is 2.13. The average Bonchev–Trinajstić information content (AvgIpc) is 2.63. The highest BCUT2D eigenvalue weighted by atomic mass is 16.5. The Morgan fingerprint density at radius 2 is 1.75 bits per heavy atom. The normalized spacial score (nSPS) is 20.3. The smallest absolute Gasteiger partial charge is 0.152 e. The summed E-state index contributed by atoms with van der Waals surface area (Å²) in [6.07, 6.45) is 18.1. The van der Waals surface area contributed by atoms with E-state index in [-0.39, 0.29) is 0 Å². The number of aromatic nitrogens is 1. The van der Waals surface area contributed by atoms with Crippen molar-refractivity contribution >= 4 is 12.0 Å². The van der Waals surface area contributed by atoms with Crippen molar-refractivity contribution in [2.75, 3.05) is 0 Å². The van der Waals surface area contributed by atoms with Gasteiger partial charge in [-0.25, -0.2) is 9.98 Å². The minimum atomic E-state index is 0.649. The zero-order chi connectivity index (χ0) is 16.5. The van der Waals surface area contributed by atoms with E-state index in [9.17, 15) is 0 Å². The van der Waals surface area contributed by atoms with Crippen molar-refractivity contribution in [1.82, 2.24) is 10.3 Å². The summed E-state index contributed by atoms with van der Waals surface area (Å²) >= 11 is 0. The zero-order valence-corrected chi connectivity index (χ0v) is 13.0. The number of aliphatic imine (C=N–C) groups is 1. The summed E-state index contributed by atoms with van der Waals surface area (Å²) in [4.78, 5) is 8.63. The lowest BCUT2D eigenvalue weighted by atomic mass is 10.1. The lowest BCUT2D eigenvalue weighted by Crippen LogP contribution is -1.90. The third-order valence-corrected chi connectivity index (χ3v) is 3.23. The summed E-state index contributed by atoms with van der Waals surface area (Å²) in [5.74, 6) is 1.43. The van der Waals surface area contributed by atoms with E-state index in [1.807, 2.05) is 79.2 Å². The molecule has 3 rings (SSSR count). The molecular weight excluding hydrogens is 298 g/mol. The number of hydrogen-bond acceptors (Lipinski definition) is 4. The van der Waals surface area contributed by atoms with Crippen molar-refractivity contribution in [2.24, 2.45) is 4.99 Å². The molecule has 0 spiro atoms. The molecule has 24 heavy (non-hydrogen) atoms. The maximum Gasteiger partial charge on any atom is 0.152 e. The van der Waals surface area contributed by atoms with Crippen LogP contribution in [0, 0.1) is 0 Å². The van der Waals surface area contributed by atoms with Gasteiger partial charge < -0.3 is 10.1 Å². The number of hydrogen-bond donors (Lipinski definition) is 1. The number of allylic oxidation sites excluding steroid dienone is 5. The lowest BCUT2D eigenvalue weighted by Gasteiger charge is -2.08. The fraction of sp³-hybridized carbons (Fsp3) is 0. The maximum atomic E-state index is 5.76. The van der Waals surface area contributed by atoms with E-state index in [1.165, 1.54) is 0 Å². The predicted octanol–water partition coefficient (Wildman–Crippen LogP) is 4.53. The van der Waals surface area contributed by atoms with E-state index < -0.39 is 0 Å². The molecule has 118 valence electrons. The SMILES string of the molecule is C1=C\C=N/c2cc(ccn2)-c2ccccc2O/C=C\C=C/N\C=C/1. The van der Waals surface area contributed by atoms with Crippen molar-refractivity contribution in [1.29, 1.82) is 0 Å². The molecule has 2 heterocycles. The molecule has 2 bridgehead atoms.